The predicted molar refractivity (Wildman–Crippen MR) is 185 cm³/mol. The fourth-order valence-electron chi connectivity index (χ4n) is 5.52. The van der Waals surface area contributed by atoms with Crippen LogP contribution in [0.15, 0.2) is 102 Å². The van der Waals surface area contributed by atoms with Gasteiger partial charge in [0.1, 0.15) is 11.4 Å². The quantitative estimate of drug-likeness (QED) is 0.0779. The van der Waals surface area contributed by atoms with Crippen molar-refractivity contribution < 1.29 is 37.7 Å². The number of carbonyl (C=O) groups is 2. The SMILES string of the molecule is CC(C)(C)OC(=O)CC[C@]1(C(=O)NNCc2ccc(F)c(F)c2)N=C(c2ccc(OCCCO)cc2)O[C@H]1c1ccc(-c2ccccc2)cc1. The molecule has 4 aromatic rings. The second-order valence-electron chi connectivity index (χ2n) is 12.9. The average Bonchev–Trinajstić information content (AvgIpc) is 3.50. The maximum Gasteiger partial charge on any atom is 0.306 e. The Labute approximate surface area is 290 Å². The van der Waals surface area contributed by atoms with Crippen LogP contribution in [0.4, 0.5) is 8.78 Å². The summed E-state index contributed by atoms with van der Waals surface area (Å²) in [7, 11) is 0. The Morgan fingerprint density at radius 2 is 1.58 bits per heavy atom. The number of ether oxygens (including phenoxy) is 3. The Morgan fingerprint density at radius 3 is 2.24 bits per heavy atom. The van der Waals surface area contributed by atoms with Crippen LogP contribution in [0.3, 0.4) is 0 Å². The lowest BCUT2D eigenvalue weighted by molar-refractivity contribution is -0.155. The molecule has 4 aromatic carbocycles. The number of aliphatic hydroxyl groups excluding tert-OH is 1. The van der Waals surface area contributed by atoms with Crippen molar-refractivity contribution in [3.05, 3.63) is 125 Å². The van der Waals surface area contributed by atoms with Gasteiger partial charge in [0.2, 0.25) is 5.90 Å². The summed E-state index contributed by atoms with van der Waals surface area (Å²) in [6.45, 7) is 5.63. The molecule has 0 saturated heterocycles. The number of amides is 1. The van der Waals surface area contributed by atoms with Crippen molar-refractivity contribution in [3.63, 3.8) is 0 Å². The van der Waals surface area contributed by atoms with Crippen LogP contribution in [0.25, 0.3) is 11.1 Å². The van der Waals surface area contributed by atoms with Crippen LogP contribution in [0, 0.1) is 11.6 Å². The summed E-state index contributed by atoms with van der Waals surface area (Å²) in [6, 6.07) is 27.9. The minimum Gasteiger partial charge on any atom is -0.494 e. The van der Waals surface area contributed by atoms with Crippen molar-refractivity contribution in [2.24, 2.45) is 4.99 Å². The highest BCUT2D eigenvalue weighted by molar-refractivity contribution is 6.01. The van der Waals surface area contributed by atoms with E-state index in [0.717, 1.165) is 23.3 Å². The number of aliphatic imine (C=N–C) groups is 1. The summed E-state index contributed by atoms with van der Waals surface area (Å²) < 4.78 is 45.1. The van der Waals surface area contributed by atoms with Gasteiger partial charge in [-0.1, -0.05) is 60.7 Å². The number of halogens is 2. The molecule has 1 aliphatic rings. The molecule has 0 saturated carbocycles. The van der Waals surface area contributed by atoms with Gasteiger partial charge < -0.3 is 19.3 Å². The lowest BCUT2D eigenvalue weighted by Gasteiger charge is -2.31. The molecular formula is C39H41F2N3O6. The van der Waals surface area contributed by atoms with Gasteiger partial charge in [-0.2, -0.15) is 0 Å². The van der Waals surface area contributed by atoms with Crippen molar-refractivity contribution >= 4 is 17.8 Å². The molecule has 2 atom stereocenters. The highest BCUT2D eigenvalue weighted by atomic mass is 19.2. The van der Waals surface area contributed by atoms with Crippen LogP contribution >= 0.6 is 0 Å². The number of carbonyl (C=O) groups excluding carboxylic acids is 2. The lowest BCUT2D eigenvalue weighted by atomic mass is 9.83. The first-order valence-corrected chi connectivity index (χ1v) is 16.4. The highest BCUT2D eigenvalue weighted by Gasteiger charge is 2.53. The second-order valence-corrected chi connectivity index (χ2v) is 12.9. The maximum absolute atomic E-state index is 14.3. The van der Waals surface area contributed by atoms with Gasteiger partial charge in [0.05, 0.1) is 6.61 Å². The van der Waals surface area contributed by atoms with Gasteiger partial charge in [-0.15, -0.1) is 0 Å². The van der Waals surface area contributed by atoms with Crippen LogP contribution in [0.5, 0.6) is 5.75 Å². The van der Waals surface area contributed by atoms with Gasteiger partial charge in [-0.3, -0.25) is 15.0 Å². The minimum absolute atomic E-state index is 0.0134. The zero-order chi connectivity index (χ0) is 35.7. The lowest BCUT2D eigenvalue weighted by Crippen LogP contribution is -2.52. The Bertz CT molecular complexity index is 1790. The summed E-state index contributed by atoms with van der Waals surface area (Å²) in [5.41, 5.74) is 6.68. The van der Waals surface area contributed by atoms with E-state index in [4.69, 9.17) is 24.3 Å². The monoisotopic (exact) mass is 685 g/mol. The van der Waals surface area contributed by atoms with Crippen LogP contribution in [0.2, 0.25) is 0 Å². The van der Waals surface area contributed by atoms with Gasteiger partial charge in [0.15, 0.2) is 23.3 Å². The molecule has 0 fully saturated rings. The van der Waals surface area contributed by atoms with E-state index < -0.39 is 40.8 Å². The third-order valence-corrected chi connectivity index (χ3v) is 7.96. The molecule has 50 heavy (non-hydrogen) atoms. The fourth-order valence-corrected chi connectivity index (χ4v) is 5.52. The Hall–Kier alpha value is -5.13. The first-order chi connectivity index (χ1) is 24.0. The molecule has 5 rings (SSSR count). The van der Waals surface area contributed by atoms with Crippen molar-refractivity contribution in [1.29, 1.82) is 0 Å². The standard InChI is InChI=1S/C39H41F2N3O6/c1-38(2,3)50-34(46)20-21-39(37(47)44-42-25-26-10-19-32(40)33(41)24-26)35(29-13-11-28(12-14-29)27-8-5-4-6-9-27)49-36(43-39)30-15-17-31(18-16-30)48-23-7-22-45/h4-6,8-19,24,35,42,45H,7,20-23,25H2,1-3H3,(H,44,47)/t35-,39-/m0/s1. The molecule has 0 spiro atoms. The van der Waals surface area contributed by atoms with Gasteiger partial charge in [-0.25, -0.2) is 19.2 Å². The minimum atomic E-state index is -1.65. The molecule has 9 nitrogen and oxygen atoms in total. The summed E-state index contributed by atoms with van der Waals surface area (Å²) in [6.07, 6.45) is -0.695. The molecule has 0 radical (unpaired) electrons. The molecule has 0 aliphatic carbocycles. The average molecular weight is 686 g/mol. The first kappa shape index (κ1) is 36.2. The van der Waals surface area contributed by atoms with Crippen molar-refractivity contribution in [1.82, 2.24) is 10.9 Å². The number of nitrogens with zero attached hydrogens (tertiary/aromatic N) is 1. The number of benzene rings is 4. The highest BCUT2D eigenvalue weighted by Crippen LogP contribution is 2.44. The van der Waals surface area contributed by atoms with E-state index in [9.17, 15) is 18.4 Å². The van der Waals surface area contributed by atoms with E-state index >= 15 is 0 Å². The largest absolute Gasteiger partial charge is 0.494 e. The van der Waals surface area contributed by atoms with Crippen molar-refractivity contribution in [2.45, 2.75) is 63.8 Å². The van der Waals surface area contributed by atoms with E-state index in [1.807, 2.05) is 54.6 Å². The van der Waals surface area contributed by atoms with Crippen molar-refractivity contribution in [2.75, 3.05) is 13.2 Å². The topological polar surface area (TPSA) is 118 Å². The number of aliphatic hydroxyl groups is 1. The number of hydrogen-bond acceptors (Lipinski definition) is 8. The third-order valence-electron chi connectivity index (χ3n) is 7.96. The number of rotatable bonds is 14. The first-order valence-electron chi connectivity index (χ1n) is 16.4. The Balaban J connectivity index is 1.50. The summed E-state index contributed by atoms with van der Waals surface area (Å²) in [5.74, 6) is -2.32. The van der Waals surface area contributed by atoms with Gasteiger partial charge in [-0.05, 0) is 85.8 Å². The third kappa shape index (κ3) is 9.10. The zero-order valence-electron chi connectivity index (χ0n) is 28.2. The van der Waals surface area contributed by atoms with E-state index in [2.05, 4.69) is 10.9 Å². The summed E-state index contributed by atoms with van der Waals surface area (Å²) >= 11 is 0. The molecule has 1 heterocycles. The van der Waals surface area contributed by atoms with Crippen molar-refractivity contribution in [3.8, 4) is 16.9 Å². The maximum atomic E-state index is 14.3. The van der Waals surface area contributed by atoms with Gasteiger partial charge in [0, 0.05) is 31.6 Å². The van der Waals surface area contributed by atoms with E-state index in [1.165, 1.54) is 6.07 Å². The number of hydrogen-bond donors (Lipinski definition) is 3. The summed E-state index contributed by atoms with van der Waals surface area (Å²) in [4.78, 5) is 32.3. The molecule has 0 aromatic heterocycles. The molecule has 11 heteroatoms. The van der Waals surface area contributed by atoms with E-state index in [1.54, 1.807) is 45.0 Å². The van der Waals surface area contributed by atoms with E-state index in [0.29, 0.717) is 35.5 Å². The zero-order valence-corrected chi connectivity index (χ0v) is 28.2. The normalized spacial score (nSPS) is 17.1. The fraction of sp³-hybridized carbons (Fsp3) is 0.308. The van der Waals surface area contributed by atoms with Gasteiger partial charge >= 0.3 is 5.97 Å². The number of esters is 1. The smallest absolute Gasteiger partial charge is 0.306 e. The Kier molecular flexibility index (Phi) is 11.6. The van der Waals surface area contributed by atoms with Crippen LogP contribution in [0.1, 0.15) is 62.8 Å². The van der Waals surface area contributed by atoms with Crippen LogP contribution in [-0.2, 0) is 25.6 Å². The second kappa shape index (κ2) is 16.1. The molecule has 1 amide bonds. The summed E-state index contributed by atoms with van der Waals surface area (Å²) in [5, 5.41) is 9.08. The van der Waals surface area contributed by atoms with Crippen LogP contribution < -0.4 is 15.6 Å². The Morgan fingerprint density at radius 1 is 0.900 bits per heavy atom. The molecule has 0 bridgehead atoms. The number of nitrogens with one attached hydrogen (secondary N) is 2. The van der Waals surface area contributed by atoms with Crippen LogP contribution in [-0.4, -0.2) is 47.2 Å². The van der Waals surface area contributed by atoms with E-state index in [-0.39, 0.29) is 31.9 Å². The number of hydrazine groups is 1. The molecule has 1 aliphatic heterocycles. The molecule has 3 N–H and O–H groups in total. The molecular weight excluding hydrogens is 644 g/mol. The molecule has 262 valence electrons. The van der Waals surface area contributed by atoms with Gasteiger partial charge in [0.25, 0.3) is 5.91 Å². The molecule has 0 unspecified atom stereocenters. The predicted octanol–water partition coefficient (Wildman–Crippen LogP) is 6.59.